The van der Waals surface area contributed by atoms with Gasteiger partial charge in [-0.3, -0.25) is 14.7 Å². The van der Waals surface area contributed by atoms with Crippen LogP contribution in [0.1, 0.15) is 28.4 Å². The summed E-state index contributed by atoms with van der Waals surface area (Å²) in [7, 11) is 0. The number of aromatic nitrogens is 3. The van der Waals surface area contributed by atoms with Gasteiger partial charge in [-0.2, -0.15) is 0 Å². The van der Waals surface area contributed by atoms with E-state index in [1.54, 1.807) is 35.2 Å². The molecular weight excluding hydrogens is 404 g/mol. The summed E-state index contributed by atoms with van der Waals surface area (Å²) in [6, 6.07) is 20.9. The van der Waals surface area contributed by atoms with Crippen molar-refractivity contribution in [3.05, 3.63) is 98.5 Å². The van der Waals surface area contributed by atoms with E-state index in [1.165, 1.54) is 10.9 Å². The molecule has 4 aromatic rings. The molecule has 4 rings (SSSR count). The van der Waals surface area contributed by atoms with Gasteiger partial charge in [0, 0.05) is 34.4 Å². The zero-order valence-corrected chi connectivity index (χ0v) is 17.3. The molecule has 2 aromatic heterocycles. The first-order valence-electron chi connectivity index (χ1n) is 9.05. The number of hydrogen-bond donors (Lipinski definition) is 0. The molecule has 0 bridgehead atoms. The summed E-state index contributed by atoms with van der Waals surface area (Å²) in [5.41, 5.74) is 1.97. The van der Waals surface area contributed by atoms with E-state index in [0.29, 0.717) is 6.42 Å². The number of benzene rings is 2. The van der Waals surface area contributed by atoms with Crippen molar-refractivity contribution in [1.29, 1.82) is 0 Å². The second-order valence-corrected chi connectivity index (χ2v) is 8.78. The number of nitro benzene ring substituents is 1. The number of hydrogen-bond acceptors (Lipinski definition) is 6. The van der Waals surface area contributed by atoms with Gasteiger partial charge in [-0.05, 0) is 36.1 Å². The molecule has 0 saturated carbocycles. The van der Waals surface area contributed by atoms with Crippen molar-refractivity contribution in [1.82, 2.24) is 14.8 Å². The van der Waals surface area contributed by atoms with Crippen LogP contribution < -0.4 is 0 Å². The molecule has 0 aliphatic carbocycles. The molecule has 0 radical (unpaired) electrons. The fraction of sp³-hybridized carbons (Fsp3) is 0.143. The zero-order valence-electron chi connectivity index (χ0n) is 15.6. The minimum Gasteiger partial charge on any atom is -0.274 e. The van der Waals surface area contributed by atoms with Crippen LogP contribution in [0.5, 0.6) is 0 Å². The van der Waals surface area contributed by atoms with Gasteiger partial charge in [-0.1, -0.05) is 48.2 Å². The Morgan fingerprint density at radius 1 is 1.10 bits per heavy atom. The molecule has 146 valence electrons. The lowest BCUT2D eigenvalue weighted by Crippen LogP contribution is -2.03. The third-order valence-electron chi connectivity index (χ3n) is 4.46. The van der Waals surface area contributed by atoms with Gasteiger partial charge in [-0.25, -0.2) is 0 Å². The van der Waals surface area contributed by atoms with Crippen LogP contribution in [-0.4, -0.2) is 19.7 Å². The molecule has 0 N–H and O–H groups in total. The number of thiophene rings is 1. The molecule has 0 amide bonds. The number of para-hydroxylation sites is 1. The molecule has 2 heterocycles. The number of rotatable bonds is 7. The van der Waals surface area contributed by atoms with E-state index in [4.69, 9.17) is 0 Å². The Morgan fingerprint density at radius 3 is 2.66 bits per heavy atom. The number of non-ortho nitro benzene ring substituents is 1. The maximum Gasteiger partial charge on any atom is 0.269 e. The smallest absolute Gasteiger partial charge is 0.269 e. The third kappa shape index (κ3) is 4.38. The average Bonchev–Trinajstić information content (AvgIpc) is 3.39. The van der Waals surface area contributed by atoms with Gasteiger partial charge in [0.15, 0.2) is 5.16 Å². The first-order chi connectivity index (χ1) is 14.1. The summed E-state index contributed by atoms with van der Waals surface area (Å²) in [6.45, 7) is 2.02. The number of thioether (sulfide) groups is 1. The largest absolute Gasteiger partial charge is 0.274 e. The van der Waals surface area contributed by atoms with Gasteiger partial charge in [0.05, 0.1) is 4.92 Å². The Labute approximate surface area is 176 Å². The number of nitro groups is 1. The standard InChI is InChI=1S/C21H18N4O2S2/c1-15(16-7-5-10-18(13-16)25(26)27)29-21-23-22-20(14-19-11-6-12-28-19)24(21)17-8-3-2-4-9-17/h2-13,15H,14H2,1H3. The van der Waals surface area contributed by atoms with Gasteiger partial charge in [0.2, 0.25) is 0 Å². The lowest BCUT2D eigenvalue weighted by atomic mass is 10.1. The van der Waals surface area contributed by atoms with Crippen molar-refractivity contribution in [2.24, 2.45) is 0 Å². The van der Waals surface area contributed by atoms with E-state index in [-0.39, 0.29) is 15.9 Å². The van der Waals surface area contributed by atoms with Crippen LogP contribution in [0.4, 0.5) is 5.69 Å². The Kier molecular flexibility index (Phi) is 5.73. The molecule has 1 unspecified atom stereocenters. The second-order valence-electron chi connectivity index (χ2n) is 6.44. The van der Waals surface area contributed by atoms with Crippen LogP contribution in [0.3, 0.4) is 0 Å². The van der Waals surface area contributed by atoms with Crippen molar-refractivity contribution in [2.75, 3.05) is 0 Å². The average molecular weight is 423 g/mol. The van der Waals surface area contributed by atoms with Crippen LogP contribution in [0, 0.1) is 10.1 Å². The summed E-state index contributed by atoms with van der Waals surface area (Å²) in [5, 5.41) is 22.8. The van der Waals surface area contributed by atoms with E-state index < -0.39 is 0 Å². The molecule has 6 nitrogen and oxygen atoms in total. The van der Waals surface area contributed by atoms with E-state index in [9.17, 15) is 10.1 Å². The Bertz CT molecular complexity index is 1110. The minimum atomic E-state index is -0.369. The lowest BCUT2D eigenvalue weighted by molar-refractivity contribution is -0.384. The van der Waals surface area contributed by atoms with Crippen LogP contribution in [-0.2, 0) is 6.42 Å². The predicted octanol–water partition coefficient (Wildman–Crippen LogP) is 5.68. The van der Waals surface area contributed by atoms with E-state index >= 15 is 0 Å². The normalized spacial score (nSPS) is 12.0. The molecular formula is C21H18N4O2S2. The summed E-state index contributed by atoms with van der Waals surface area (Å²) in [5.74, 6) is 0.868. The molecule has 2 aromatic carbocycles. The second kappa shape index (κ2) is 8.59. The maximum atomic E-state index is 11.1. The summed E-state index contributed by atoms with van der Waals surface area (Å²) in [6.07, 6.45) is 0.700. The maximum absolute atomic E-state index is 11.1. The van der Waals surface area contributed by atoms with Crippen molar-refractivity contribution in [3.63, 3.8) is 0 Å². The minimum absolute atomic E-state index is 0.0175. The first kappa shape index (κ1) is 19.4. The van der Waals surface area contributed by atoms with Crippen molar-refractivity contribution in [2.45, 2.75) is 23.8 Å². The van der Waals surface area contributed by atoms with Crippen LogP contribution in [0.15, 0.2) is 77.3 Å². The molecule has 1 atom stereocenters. The van der Waals surface area contributed by atoms with Gasteiger partial charge in [0.1, 0.15) is 5.82 Å². The van der Waals surface area contributed by atoms with Crippen molar-refractivity contribution in [3.8, 4) is 5.69 Å². The fourth-order valence-corrected chi connectivity index (χ4v) is 4.72. The Hall–Kier alpha value is -2.97. The van der Waals surface area contributed by atoms with Crippen LogP contribution in [0.2, 0.25) is 0 Å². The lowest BCUT2D eigenvalue weighted by Gasteiger charge is -2.14. The highest BCUT2D eigenvalue weighted by molar-refractivity contribution is 7.99. The highest BCUT2D eigenvalue weighted by Crippen LogP contribution is 2.36. The van der Waals surface area contributed by atoms with Crippen molar-refractivity contribution < 1.29 is 4.92 Å². The monoisotopic (exact) mass is 422 g/mol. The van der Waals surface area contributed by atoms with E-state index in [2.05, 4.69) is 26.2 Å². The Balaban J connectivity index is 1.67. The van der Waals surface area contributed by atoms with Gasteiger partial charge < -0.3 is 0 Å². The highest BCUT2D eigenvalue weighted by atomic mass is 32.2. The summed E-state index contributed by atoms with van der Waals surface area (Å²) >= 11 is 3.24. The molecule has 0 aliphatic heterocycles. The topological polar surface area (TPSA) is 73.8 Å². The molecule has 0 fully saturated rings. The fourth-order valence-electron chi connectivity index (χ4n) is 3.01. The van der Waals surface area contributed by atoms with E-state index in [1.807, 2.05) is 49.4 Å². The van der Waals surface area contributed by atoms with Crippen LogP contribution >= 0.6 is 23.1 Å². The molecule has 0 aliphatic rings. The molecule has 0 saturated heterocycles. The summed E-state index contributed by atoms with van der Waals surface area (Å²) in [4.78, 5) is 12.0. The Morgan fingerprint density at radius 2 is 1.93 bits per heavy atom. The quantitative estimate of drug-likeness (QED) is 0.218. The van der Waals surface area contributed by atoms with Crippen molar-refractivity contribution >= 4 is 28.8 Å². The highest BCUT2D eigenvalue weighted by Gasteiger charge is 2.19. The SMILES string of the molecule is CC(Sc1nnc(Cc2cccs2)n1-c1ccccc1)c1cccc([N+](=O)[O-])c1. The predicted molar refractivity (Wildman–Crippen MR) is 116 cm³/mol. The van der Waals surface area contributed by atoms with Gasteiger partial charge in [-0.15, -0.1) is 21.5 Å². The first-order valence-corrected chi connectivity index (χ1v) is 10.8. The third-order valence-corrected chi connectivity index (χ3v) is 6.44. The molecule has 0 spiro atoms. The van der Waals surface area contributed by atoms with E-state index in [0.717, 1.165) is 22.2 Å². The molecule has 29 heavy (non-hydrogen) atoms. The molecule has 8 heteroatoms. The van der Waals surface area contributed by atoms with Crippen LogP contribution in [0.25, 0.3) is 5.69 Å². The summed E-state index contributed by atoms with van der Waals surface area (Å²) < 4.78 is 2.07. The number of nitrogens with zero attached hydrogens (tertiary/aromatic N) is 4. The van der Waals surface area contributed by atoms with Gasteiger partial charge in [0.25, 0.3) is 5.69 Å². The zero-order chi connectivity index (χ0) is 20.2. The van der Waals surface area contributed by atoms with Gasteiger partial charge >= 0.3 is 0 Å².